The minimum atomic E-state index is 0.103. The second kappa shape index (κ2) is 1.42. The van der Waals surface area contributed by atoms with Crippen LogP contribution < -0.4 is 0 Å². The van der Waals surface area contributed by atoms with Crippen molar-refractivity contribution in [1.82, 2.24) is 0 Å². The lowest BCUT2D eigenvalue weighted by Gasteiger charge is -2.26. The summed E-state index contributed by atoms with van der Waals surface area (Å²) in [6.07, 6.45) is 6.84. The second-order valence-corrected chi connectivity index (χ2v) is 4.45. The Labute approximate surface area is 61.4 Å². The van der Waals surface area contributed by atoms with Gasteiger partial charge in [0, 0.05) is 0 Å². The van der Waals surface area contributed by atoms with Gasteiger partial charge in [-0.2, -0.15) is 0 Å². The molecule has 0 aromatic carbocycles. The van der Waals surface area contributed by atoms with E-state index in [0.29, 0.717) is 11.3 Å². The SMILES string of the molecule is OC1C2CCC(C2)C12CC2. The van der Waals surface area contributed by atoms with Crippen LogP contribution in [0, 0.1) is 17.3 Å². The van der Waals surface area contributed by atoms with E-state index in [1.165, 1.54) is 32.1 Å². The van der Waals surface area contributed by atoms with Crippen LogP contribution in [-0.2, 0) is 0 Å². The van der Waals surface area contributed by atoms with Crippen LogP contribution in [0.1, 0.15) is 32.1 Å². The van der Waals surface area contributed by atoms with Gasteiger partial charge in [0.2, 0.25) is 0 Å². The van der Waals surface area contributed by atoms with Crippen molar-refractivity contribution in [3.05, 3.63) is 0 Å². The van der Waals surface area contributed by atoms with Crippen LogP contribution in [0.3, 0.4) is 0 Å². The topological polar surface area (TPSA) is 20.2 Å². The summed E-state index contributed by atoms with van der Waals surface area (Å²) in [5, 5.41) is 9.81. The summed E-state index contributed by atoms with van der Waals surface area (Å²) in [6.45, 7) is 0. The monoisotopic (exact) mass is 138 g/mol. The van der Waals surface area contributed by atoms with Gasteiger partial charge in [0.25, 0.3) is 0 Å². The molecule has 0 radical (unpaired) electrons. The zero-order chi connectivity index (χ0) is 6.77. The van der Waals surface area contributed by atoms with Gasteiger partial charge in [0.15, 0.2) is 0 Å². The van der Waals surface area contributed by atoms with Crippen LogP contribution in [0.4, 0.5) is 0 Å². The highest BCUT2D eigenvalue weighted by molar-refractivity contribution is 5.13. The van der Waals surface area contributed by atoms with Crippen LogP contribution in [-0.4, -0.2) is 11.2 Å². The second-order valence-electron chi connectivity index (χ2n) is 4.45. The molecule has 3 saturated carbocycles. The smallest absolute Gasteiger partial charge is 0.0627 e. The third-order valence-corrected chi connectivity index (χ3v) is 4.15. The number of aliphatic hydroxyl groups excluding tert-OH is 1. The van der Waals surface area contributed by atoms with E-state index >= 15 is 0 Å². The molecule has 3 atom stereocenters. The van der Waals surface area contributed by atoms with Gasteiger partial charge < -0.3 is 5.11 Å². The molecule has 0 aromatic heterocycles. The van der Waals surface area contributed by atoms with E-state index in [4.69, 9.17) is 0 Å². The third kappa shape index (κ3) is 0.430. The van der Waals surface area contributed by atoms with E-state index in [1.54, 1.807) is 0 Å². The van der Waals surface area contributed by atoms with Crippen molar-refractivity contribution in [1.29, 1.82) is 0 Å². The first-order valence-electron chi connectivity index (χ1n) is 4.51. The lowest BCUT2D eigenvalue weighted by Crippen LogP contribution is -2.28. The summed E-state index contributed by atoms with van der Waals surface area (Å²) < 4.78 is 0. The Morgan fingerprint density at radius 1 is 1.20 bits per heavy atom. The van der Waals surface area contributed by atoms with Crippen LogP contribution in [0.15, 0.2) is 0 Å². The molecule has 2 bridgehead atoms. The molecular formula is C9H14O. The molecular weight excluding hydrogens is 124 g/mol. The maximum atomic E-state index is 9.81. The molecule has 3 unspecified atom stereocenters. The molecule has 3 aliphatic carbocycles. The van der Waals surface area contributed by atoms with Crippen molar-refractivity contribution in [2.75, 3.05) is 0 Å². The van der Waals surface area contributed by atoms with Crippen molar-refractivity contribution in [2.24, 2.45) is 17.3 Å². The minimum Gasteiger partial charge on any atom is -0.392 e. The Balaban J connectivity index is 1.99. The lowest BCUT2D eigenvalue weighted by molar-refractivity contribution is 0.0442. The van der Waals surface area contributed by atoms with Gasteiger partial charge in [-0.05, 0) is 49.4 Å². The van der Waals surface area contributed by atoms with Gasteiger partial charge >= 0.3 is 0 Å². The number of hydrogen-bond donors (Lipinski definition) is 1. The first kappa shape index (κ1) is 5.59. The van der Waals surface area contributed by atoms with Crippen LogP contribution in [0.25, 0.3) is 0 Å². The lowest BCUT2D eigenvalue weighted by atomic mass is 9.83. The molecule has 0 aromatic rings. The minimum absolute atomic E-state index is 0.103. The highest BCUT2D eigenvalue weighted by atomic mass is 16.3. The van der Waals surface area contributed by atoms with Crippen LogP contribution in [0.2, 0.25) is 0 Å². The first-order chi connectivity index (χ1) is 4.83. The van der Waals surface area contributed by atoms with E-state index < -0.39 is 0 Å². The van der Waals surface area contributed by atoms with Gasteiger partial charge in [-0.1, -0.05) is 0 Å². The van der Waals surface area contributed by atoms with Crippen molar-refractivity contribution >= 4 is 0 Å². The molecule has 56 valence electrons. The Morgan fingerprint density at radius 2 is 2.00 bits per heavy atom. The summed E-state index contributed by atoms with van der Waals surface area (Å²) in [7, 11) is 0. The number of hydrogen-bond acceptors (Lipinski definition) is 1. The van der Waals surface area contributed by atoms with E-state index in [0.717, 1.165) is 5.92 Å². The van der Waals surface area contributed by atoms with Gasteiger partial charge in [0.1, 0.15) is 0 Å². The maximum Gasteiger partial charge on any atom is 0.0627 e. The summed E-state index contributed by atoms with van der Waals surface area (Å²) in [5.41, 5.74) is 0.475. The zero-order valence-corrected chi connectivity index (χ0v) is 6.21. The number of aliphatic hydroxyl groups is 1. The molecule has 3 fully saturated rings. The molecule has 10 heavy (non-hydrogen) atoms. The number of rotatable bonds is 0. The number of fused-ring (bicyclic) bond motifs is 3. The Kier molecular flexibility index (Phi) is 0.797. The fourth-order valence-electron chi connectivity index (χ4n) is 3.38. The van der Waals surface area contributed by atoms with E-state index in [9.17, 15) is 5.11 Å². The third-order valence-electron chi connectivity index (χ3n) is 4.15. The molecule has 1 nitrogen and oxygen atoms in total. The highest BCUT2D eigenvalue weighted by Crippen LogP contribution is 2.68. The van der Waals surface area contributed by atoms with Gasteiger partial charge in [-0.25, -0.2) is 0 Å². The molecule has 0 saturated heterocycles. The van der Waals surface area contributed by atoms with Crippen LogP contribution in [0.5, 0.6) is 0 Å². The average Bonchev–Trinajstić information content (AvgIpc) is 2.51. The van der Waals surface area contributed by atoms with Crippen molar-refractivity contribution in [3.63, 3.8) is 0 Å². The molecule has 0 heterocycles. The summed E-state index contributed by atoms with van der Waals surface area (Å²) in [4.78, 5) is 0. The van der Waals surface area contributed by atoms with Gasteiger partial charge in [-0.3, -0.25) is 0 Å². The zero-order valence-electron chi connectivity index (χ0n) is 6.21. The van der Waals surface area contributed by atoms with Crippen LogP contribution >= 0.6 is 0 Å². The Bertz CT molecular complexity index is 168. The van der Waals surface area contributed by atoms with E-state index in [2.05, 4.69) is 0 Å². The predicted octanol–water partition coefficient (Wildman–Crippen LogP) is 1.56. The predicted molar refractivity (Wildman–Crippen MR) is 38.5 cm³/mol. The summed E-state index contributed by atoms with van der Waals surface area (Å²) in [5.74, 6) is 1.62. The standard InChI is InChI=1S/C9H14O/c10-8-6-1-2-7(5-6)9(8)3-4-9/h6-8,10H,1-5H2. The van der Waals surface area contributed by atoms with E-state index in [1.807, 2.05) is 0 Å². The van der Waals surface area contributed by atoms with E-state index in [-0.39, 0.29) is 6.10 Å². The van der Waals surface area contributed by atoms with Crippen molar-refractivity contribution in [3.8, 4) is 0 Å². The van der Waals surface area contributed by atoms with Crippen molar-refractivity contribution < 1.29 is 5.11 Å². The highest BCUT2D eigenvalue weighted by Gasteiger charge is 2.63. The molecule has 1 spiro atoms. The molecule has 0 aliphatic heterocycles. The molecule has 3 aliphatic rings. The first-order valence-corrected chi connectivity index (χ1v) is 4.51. The van der Waals surface area contributed by atoms with Crippen molar-refractivity contribution in [2.45, 2.75) is 38.2 Å². The molecule has 3 rings (SSSR count). The summed E-state index contributed by atoms with van der Waals surface area (Å²) in [6, 6.07) is 0. The normalized spacial score (nSPS) is 54.3. The van der Waals surface area contributed by atoms with Gasteiger partial charge in [0.05, 0.1) is 6.10 Å². The fraction of sp³-hybridized carbons (Fsp3) is 1.00. The molecule has 1 N–H and O–H groups in total. The maximum absolute atomic E-state index is 9.81. The summed E-state index contributed by atoms with van der Waals surface area (Å²) >= 11 is 0. The largest absolute Gasteiger partial charge is 0.392 e. The quantitative estimate of drug-likeness (QED) is 0.538. The average molecular weight is 138 g/mol. The Morgan fingerprint density at radius 3 is 2.40 bits per heavy atom. The Hall–Kier alpha value is -0.0400. The fourth-order valence-corrected chi connectivity index (χ4v) is 3.38. The van der Waals surface area contributed by atoms with Gasteiger partial charge in [-0.15, -0.1) is 0 Å². The molecule has 1 heteroatoms. The molecule has 0 amide bonds.